The summed E-state index contributed by atoms with van der Waals surface area (Å²) in [7, 11) is -8.37. The molecule has 0 radical (unpaired) electrons. The molecule has 0 amide bonds. The van der Waals surface area contributed by atoms with Crippen molar-refractivity contribution < 1.29 is 34.1 Å². The highest BCUT2D eigenvalue weighted by molar-refractivity contribution is 8.04. The minimum absolute atomic E-state index is 0. The molecule has 0 bridgehead atoms. The lowest BCUT2D eigenvalue weighted by Crippen LogP contribution is -3.12. The van der Waals surface area contributed by atoms with Gasteiger partial charge in [0.2, 0.25) is 0 Å². The van der Waals surface area contributed by atoms with Crippen LogP contribution >= 0.6 is 0 Å². The Morgan fingerprint density at radius 1 is 0.741 bits per heavy atom. The molecule has 2 aromatic rings. The standard InChI is InChI=1S/C18H24N2O4S2.ClH/c1-3-19(4-2)15-16-20(25(21,22)17-11-7-5-8-12-17)26(23,24)18-13-9-6-10-14-18;/h5-14H,3-4,15-16H2,1-2H3;1H. The van der Waals surface area contributed by atoms with E-state index in [2.05, 4.69) is 0 Å². The third-order valence-corrected chi connectivity index (χ3v) is 8.62. The van der Waals surface area contributed by atoms with E-state index < -0.39 is 20.0 Å². The smallest absolute Gasteiger partial charge is 0.256 e. The zero-order chi connectivity index (χ0) is 19.2. The molecule has 0 heterocycles. The fraction of sp³-hybridized carbons (Fsp3) is 0.333. The summed E-state index contributed by atoms with van der Waals surface area (Å²) in [6.07, 6.45) is 0. The summed E-state index contributed by atoms with van der Waals surface area (Å²) in [4.78, 5) is 1.06. The molecule has 0 aliphatic carbocycles. The lowest BCUT2D eigenvalue weighted by molar-refractivity contribution is -0.895. The highest BCUT2D eigenvalue weighted by atomic mass is 35.5. The van der Waals surface area contributed by atoms with Crippen LogP contribution in [0.2, 0.25) is 0 Å². The predicted octanol–water partition coefficient (Wildman–Crippen LogP) is -2.01. The maximum atomic E-state index is 13.1. The number of quaternary nitrogens is 1. The second kappa shape index (κ2) is 10.2. The highest BCUT2D eigenvalue weighted by Gasteiger charge is 2.37. The quantitative estimate of drug-likeness (QED) is 0.497. The van der Waals surface area contributed by atoms with E-state index >= 15 is 0 Å². The van der Waals surface area contributed by atoms with Crippen LogP contribution in [0.5, 0.6) is 0 Å². The molecule has 27 heavy (non-hydrogen) atoms. The van der Waals surface area contributed by atoms with Gasteiger partial charge in [0.1, 0.15) is 0 Å². The molecule has 2 aromatic carbocycles. The van der Waals surface area contributed by atoms with Crippen molar-refractivity contribution in [1.82, 2.24) is 3.71 Å². The number of nitrogens with zero attached hydrogens (tertiary/aromatic N) is 1. The van der Waals surface area contributed by atoms with Gasteiger partial charge in [-0.15, -0.1) is 0 Å². The van der Waals surface area contributed by atoms with Crippen molar-refractivity contribution in [2.75, 3.05) is 26.2 Å². The van der Waals surface area contributed by atoms with Crippen molar-refractivity contribution >= 4 is 20.0 Å². The average molecular weight is 433 g/mol. The maximum absolute atomic E-state index is 13.1. The van der Waals surface area contributed by atoms with Crippen molar-refractivity contribution in [3.05, 3.63) is 60.7 Å². The minimum atomic E-state index is -4.19. The van der Waals surface area contributed by atoms with Gasteiger partial charge in [0.05, 0.1) is 36.0 Å². The Bertz CT molecular complexity index is 831. The Morgan fingerprint density at radius 3 is 1.44 bits per heavy atom. The van der Waals surface area contributed by atoms with Gasteiger partial charge >= 0.3 is 0 Å². The van der Waals surface area contributed by atoms with Gasteiger partial charge in [-0.3, -0.25) is 0 Å². The van der Waals surface area contributed by atoms with Gasteiger partial charge in [-0.25, -0.2) is 16.8 Å². The maximum Gasteiger partial charge on any atom is 0.256 e. The summed E-state index contributed by atoms with van der Waals surface area (Å²) >= 11 is 0. The number of benzene rings is 2. The van der Waals surface area contributed by atoms with Gasteiger partial charge in [0, 0.05) is 0 Å². The number of sulfonamides is 2. The topological polar surface area (TPSA) is 76.0 Å². The van der Waals surface area contributed by atoms with Crippen LogP contribution in [-0.4, -0.2) is 46.7 Å². The molecule has 1 N–H and O–H groups in total. The van der Waals surface area contributed by atoms with Gasteiger partial charge in [0.25, 0.3) is 20.0 Å². The number of rotatable bonds is 9. The van der Waals surface area contributed by atoms with Gasteiger partial charge in [-0.1, -0.05) is 40.1 Å². The number of hydrogen-bond donors (Lipinski definition) is 1. The molecular weight excluding hydrogens is 408 g/mol. The first kappa shape index (κ1) is 23.6. The van der Waals surface area contributed by atoms with Crippen LogP contribution in [0.1, 0.15) is 13.8 Å². The first-order valence-electron chi connectivity index (χ1n) is 8.55. The lowest BCUT2D eigenvalue weighted by Gasteiger charge is -2.24. The fourth-order valence-electron chi connectivity index (χ4n) is 2.64. The molecule has 2 rings (SSSR count). The van der Waals surface area contributed by atoms with Gasteiger partial charge in [0.15, 0.2) is 0 Å². The van der Waals surface area contributed by atoms with E-state index in [1.807, 2.05) is 13.8 Å². The largest absolute Gasteiger partial charge is 1.00 e. The van der Waals surface area contributed by atoms with Crippen LogP contribution in [0.25, 0.3) is 0 Å². The van der Waals surface area contributed by atoms with Crippen molar-refractivity contribution in [2.45, 2.75) is 23.6 Å². The fourth-order valence-corrected chi connectivity index (χ4v) is 6.33. The van der Waals surface area contributed by atoms with E-state index in [1.54, 1.807) is 36.4 Å². The van der Waals surface area contributed by atoms with Gasteiger partial charge < -0.3 is 17.3 Å². The third kappa shape index (κ3) is 5.52. The van der Waals surface area contributed by atoms with Gasteiger partial charge in [-0.05, 0) is 38.1 Å². The zero-order valence-electron chi connectivity index (χ0n) is 15.4. The molecule has 0 saturated heterocycles. The number of halogens is 1. The minimum Gasteiger partial charge on any atom is -1.00 e. The molecule has 0 aliphatic rings. The summed E-state index contributed by atoms with van der Waals surface area (Å²) in [5, 5.41) is 0. The van der Waals surface area contributed by atoms with Crippen LogP contribution in [0.4, 0.5) is 0 Å². The van der Waals surface area contributed by atoms with Crippen molar-refractivity contribution in [2.24, 2.45) is 0 Å². The second-order valence-corrected chi connectivity index (χ2v) is 9.80. The molecular formula is C18H25ClN2O4S2. The summed E-state index contributed by atoms with van der Waals surface area (Å²) in [5.74, 6) is 0. The Balaban J connectivity index is 0.00000364. The predicted molar refractivity (Wildman–Crippen MR) is 101 cm³/mol. The molecule has 0 spiro atoms. The molecule has 150 valence electrons. The van der Waals surface area contributed by atoms with E-state index in [4.69, 9.17) is 0 Å². The number of nitrogens with one attached hydrogen (secondary N) is 1. The summed E-state index contributed by atoms with van der Waals surface area (Å²) < 4.78 is 53.0. The second-order valence-electron chi connectivity index (χ2n) is 5.84. The van der Waals surface area contributed by atoms with Crippen LogP contribution in [0.3, 0.4) is 0 Å². The molecule has 6 nitrogen and oxygen atoms in total. The van der Waals surface area contributed by atoms with Crippen molar-refractivity contribution in [3.8, 4) is 0 Å². The third-order valence-electron chi connectivity index (χ3n) is 4.27. The Labute approximate surface area is 168 Å². The molecule has 0 aromatic heterocycles. The highest BCUT2D eigenvalue weighted by Crippen LogP contribution is 2.23. The average Bonchev–Trinajstić information content (AvgIpc) is 2.66. The van der Waals surface area contributed by atoms with Crippen LogP contribution in [-0.2, 0) is 20.0 Å². The Kier molecular flexibility index (Phi) is 8.90. The molecule has 0 unspecified atom stereocenters. The molecule has 0 aliphatic heterocycles. The zero-order valence-corrected chi connectivity index (χ0v) is 17.8. The van der Waals surface area contributed by atoms with Crippen molar-refractivity contribution in [3.63, 3.8) is 0 Å². The Morgan fingerprint density at radius 2 is 1.11 bits per heavy atom. The summed E-state index contributed by atoms with van der Waals surface area (Å²) in [5.41, 5.74) is 0. The Hall–Kier alpha value is -1.45. The van der Waals surface area contributed by atoms with E-state index in [0.29, 0.717) is 10.3 Å². The summed E-state index contributed by atoms with van der Waals surface area (Å²) in [6, 6.07) is 15.3. The normalized spacial score (nSPS) is 12.1. The monoisotopic (exact) mass is 432 g/mol. The van der Waals surface area contributed by atoms with E-state index in [1.165, 1.54) is 24.3 Å². The molecule has 9 heteroatoms. The molecule has 0 atom stereocenters. The van der Waals surface area contributed by atoms with Crippen LogP contribution < -0.4 is 17.3 Å². The molecule has 0 saturated carbocycles. The van der Waals surface area contributed by atoms with E-state index in [-0.39, 0.29) is 28.7 Å². The van der Waals surface area contributed by atoms with Crippen molar-refractivity contribution in [1.29, 1.82) is 0 Å². The first-order valence-corrected chi connectivity index (χ1v) is 11.4. The SMILES string of the molecule is CC[NH+](CC)CCN(S(=O)(=O)c1ccccc1)S(=O)(=O)c1ccccc1.[Cl-]. The van der Waals surface area contributed by atoms with E-state index in [0.717, 1.165) is 18.0 Å². The number of hydrogen-bond acceptors (Lipinski definition) is 4. The van der Waals surface area contributed by atoms with Gasteiger partial charge in [-0.2, -0.15) is 0 Å². The van der Waals surface area contributed by atoms with E-state index in [9.17, 15) is 16.8 Å². The first-order chi connectivity index (χ1) is 12.3. The summed E-state index contributed by atoms with van der Waals surface area (Å²) in [6.45, 7) is 5.86. The number of likely N-dealkylation sites (N-methyl/N-ethyl adjacent to an activating group) is 1. The van der Waals surface area contributed by atoms with Crippen LogP contribution in [0, 0.1) is 0 Å². The van der Waals surface area contributed by atoms with Crippen LogP contribution in [0.15, 0.2) is 70.5 Å². The molecule has 0 fully saturated rings. The lowest BCUT2D eigenvalue weighted by atomic mass is 10.4.